The average molecular weight is 239 g/mol. The van der Waals surface area contributed by atoms with Crippen LogP contribution in [0, 0.1) is 0 Å². The zero-order valence-corrected chi connectivity index (χ0v) is 9.32. The first kappa shape index (κ1) is 11.7. The summed E-state index contributed by atoms with van der Waals surface area (Å²) in [5.74, 6) is -1.16. The van der Waals surface area contributed by atoms with Gasteiger partial charge in [-0.15, -0.1) is 0 Å². The molecule has 1 aliphatic carbocycles. The third-order valence-corrected chi connectivity index (χ3v) is 2.33. The first-order chi connectivity index (χ1) is 8.70. The molecule has 0 aromatic heterocycles. The highest BCUT2D eigenvalue weighted by Crippen LogP contribution is 2.14. The molecular formula is C13H9N3O2. The molecule has 0 saturated heterocycles. The molecule has 0 fully saturated rings. The van der Waals surface area contributed by atoms with E-state index in [-0.39, 0.29) is 11.3 Å². The Morgan fingerprint density at radius 2 is 1.94 bits per heavy atom. The molecule has 5 heteroatoms. The van der Waals surface area contributed by atoms with Crippen LogP contribution in [0.25, 0.3) is 5.53 Å². The summed E-state index contributed by atoms with van der Waals surface area (Å²) in [6.07, 6.45) is 4.37. The summed E-state index contributed by atoms with van der Waals surface area (Å²) < 4.78 is 0. The molecule has 0 radical (unpaired) electrons. The Hall–Kier alpha value is -2.78. The van der Waals surface area contributed by atoms with Crippen molar-refractivity contribution in [2.24, 2.45) is 4.99 Å². The van der Waals surface area contributed by atoms with Gasteiger partial charge in [-0.1, -0.05) is 18.2 Å². The fourth-order valence-corrected chi connectivity index (χ4v) is 1.50. The van der Waals surface area contributed by atoms with Crippen LogP contribution in [0.2, 0.25) is 0 Å². The van der Waals surface area contributed by atoms with E-state index in [4.69, 9.17) is 10.6 Å². The van der Waals surface area contributed by atoms with Crippen molar-refractivity contribution in [1.82, 2.24) is 0 Å². The lowest BCUT2D eigenvalue weighted by atomic mass is 10.0. The third kappa shape index (κ3) is 2.48. The van der Waals surface area contributed by atoms with Crippen LogP contribution in [0.1, 0.15) is 0 Å². The van der Waals surface area contributed by atoms with Gasteiger partial charge in [-0.25, -0.2) is 9.79 Å². The van der Waals surface area contributed by atoms with Gasteiger partial charge in [-0.3, -0.25) is 0 Å². The van der Waals surface area contributed by atoms with E-state index in [0.29, 0.717) is 5.71 Å². The highest BCUT2D eigenvalue weighted by molar-refractivity contribution is 6.29. The van der Waals surface area contributed by atoms with Gasteiger partial charge in [0.05, 0.1) is 11.4 Å². The third-order valence-electron chi connectivity index (χ3n) is 2.33. The van der Waals surface area contributed by atoms with Gasteiger partial charge < -0.3 is 10.6 Å². The number of allylic oxidation sites excluding steroid dienone is 3. The Bertz CT molecular complexity index is 621. The molecule has 1 aromatic rings. The van der Waals surface area contributed by atoms with E-state index in [1.165, 1.54) is 12.2 Å². The van der Waals surface area contributed by atoms with Crippen LogP contribution in [0.3, 0.4) is 0 Å². The molecule has 0 unspecified atom stereocenters. The second kappa shape index (κ2) is 5.03. The van der Waals surface area contributed by atoms with Crippen LogP contribution in [0.5, 0.6) is 0 Å². The van der Waals surface area contributed by atoms with Crippen LogP contribution in [0.15, 0.2) is 59.1 Å². The average Bonchev–Trinajstić information content (AvgIpc) is 2.40. The highest BCUT2D eigenvalue weighted by Gasteiger charge is 2.23. The van der Waals surface area contributed by atoms with Crippen molar-refractivity contribution in [2.45, 2.75) is 0 Å². The topological polar surface area (TPSA) is 86.1 Å². The van der Waals surface area contributed by atoms with Crippen LogP contribution in [0.4, 0.5) is 5.69 Å². The SMILES string of the molecule is [N-]=[N+]=C1C=CC(=Nc2ccccc2)C=C1C(=O)O. The zero-order valence-electron chi connectivity index (χ0n) is 9.32. The summed E-state index contributed by atoms with van der Waals surface area (Å²) in [7, 11) is 0. The Morgan fingerprint density at radius 3 is 2.56 bits per heavy atom. The van der Waals surface area contributed by atoms with Gasteiger partial charge in [0.15, 0.2) is 5.57 Å². The number of para-hydroxylation sites is 1. The van der Waals surface area contributed by atoms with E-state index < -0.39 is 5.97 Å². The first-order valence-corrected chi connectivity index (χ1v) is 5.20. The van der Waals surface area contributed by atoms with Crippen LogP contribution in [-0.2, 0) is 4.79 Å². The summed E-state index contributed by atoms with van der Waals surface area (Å²) in [6.45, 7) is 0. The van der Waals surface area contributed by atoms with Gasteiger partial charge in [0.1, 0.15) is 0 Å². The quantitative estimate of drug-likeness (QED) is 0.486. The number of carboxylic acid groups (broad SMARTS) is 1. The number of rotatable bonds is 2. The molecule has 2 rings (SSSR count). The molecule has 0 saturated carbocycles. The molecule has 1 aromatic carbocycles. The molecule has 0 amide bonds. The van der Waals surface area contributed by atoms with Crippen LogP contribution in [-0.4, -0.2) is 27.3 Å². The second-order valence-corrected chi connectivity index (χ2v) is 3.55. The zero-order chi connectivity index (χ0) is 13.0. The summed E-state index contributed by atoms with van der Waals surface area (Å²) in [4.78, 5) is 18.2. The van der Waals surface area contributed by atoms with Crippen molar-refractivity contribution in [3.8, 4) is 0 Å². The molecule has 1 N–H and O–H groups in total. The minimum absolute atomic E-state index is 0.00881. The van der Waals surface area contributed by atoms with Crippen molar-refractivity contribution in [2.75, 3.05) is 0 Å². The van der Waals surface area contributed by atoms with Gasteiger partial charge >= 0.3 is 11.7 Å². The van der Waals surface area contributed by atoms with E-state index >= 15 is 0 Å². The maximum Gasteiger partial charge on any atom is 0.343 e. The van der Waals surface area contributed by atoms with E-state index in [1.807, 2.05) is 30.3 Å². The van der Waals surface area contributed by atoms with Crippen LogP contribution < -0.4 is 0 Å². The minimum atomic E-state index is -1.16. The number of hydrogen-bond acceptors (Lipinski definition) is 2. The highest BCUT2D eigenvalue weighted by atomic mass is 16.4. The van der Waals surface area contributed by atoms with Gasteiger partial charge in [0.2, 0.25) is 0 Å². The van der Waals surface area contributed by atoms with Gasteiger partial charge in [0, 0.05) is 6.08 Å². The number of aliphatic carboxylic acids is 1. The Morgan fingerprint density at radius 1 is 1.22 bits per heavy atom. The monoisotopic (exact) mass is 239 g/mol. The van der Waals surface area contributed by atoms with Gasteiger partial charge in [-0.05, 0) is 24.3 Å². The molecule has 0 spiro atoms. The fraction of sp³-hybridized carbons (Fsp3) is 0. The molecule has 18 heavy (non-hydrogen) atoms. The number of hydrogen-bond donors (Lipinski definition) is 1. The Labute approximate surface area is 103 Å². The fourth-order valence-electron chi connectivity index (χ4n) is 1.50. The second-order valence-electron chi connectivity index (χ2n) is 3.55. The lowest BCUT2D eigenvalue weighted by Gasteiger charge is -2.02. The van der Waals surface area contributed by atoms with Crippen LogP contribution >= 0.6 is 0 Å². The molecule has 0 bridgehead atoms. The smallest absolute Gasteiger partial charge is 0.343 e. The van der Waals surface area contributed by atoms with Crippen molar-refractivity contribution in [3.05, 3.63) is 59.7 Å². The largest absolute Gasteiger partial charge is 0.477 e. The van der Waals surface area contributed by atoms with Crippen molar-refractivity contribution >= 4 is 23.1 Å². The summed E-state index contributed by atoms with van der Waals surface area (Å²) in [6, 6.07) is 9.17. The Kier molecular flexibility index (Phi) is 3.27. The maximum atomic E-state index is 11.0. The first-order valence-electron chi connectivity index (χ1n) is 5.20. The number of aliphatic imine (C=N–C) groups is 1. The summed E-state index contributed by atoms with van der Waals surface area (Å²) in [5, 5.41) is 8.97. The van der Waals surface area contributed by atoms with E-state index in [2.05, 4.69) is 9.78 Å². The molecular weight excluding hydrogens is 230 g/mol. The maximum absolute atomic E-state index is 11.0. The van der Waals surface area contributed by atoms with Crippen molar-refractivity contribution < 1.29 is 14.7 Å². The number of benzene rings is 1. The summed E-state index contributed by atoms with van der Waals surface area (Å²) in [5.41, 5.74) is 9.82. The van der Waals surface area contributed by atoms with E-state index in [9.17, 15) is 4.79 Å². The molecule has 5 nitrogen and oxygen atoms in total. The Balaban J connectivity index is 2.41. The molecule has 0 aliphatic heterocycles. The lowest BCUT2D eigenvalue weighted by molar-refractivity contribution is -0.132. The summed E-state index contributed by atoms with van der Waals surface area (Å²) >= 11 is 0. The lowest BCUT2D eigenvalue weighted by Crippen LogP contribution is -2.16. The van der Waals surface area contributed by atoms with E-state index in [1.54, 1.807) is 6.08 Å². The normalized spacial score (nSPS) is 16.3. The molecule has 0 heterocycles. The van der Waals surface area contributed by atoms with Gasteiger partial charge in [0.25, 0.3) is 0 Å². The standard InChI is InChI=1S/C13H9N3O2/c14-16-12-7-6-10(8-11(12)13(17)18)15-9-4-2-1-3-5-9/h1-8H,(H,17,18). The van der Waals surface area contributed by atoms with Gasteiger partial charge in [-0.2, -0.15) is 4.79 Å². The van der Waals surface area contributed by atoms with Crippen molar-refractivity contribution in [3.63, 3.8) is 0 Å². The molecule has 1 aliphatic rings. The van der Waals surface area contributed by atoms with E-state index in [0.717, 1.165) is 5.69 Å². The minimum Gasteiger partial charge on any atom is -0.477 e. The molecule has 0 atom stereocenters. The number of nitrogens with zero attached hydrogens (tertiary/aromatic N) is 3. The molecule has 88 valence electrons. The number of carbonyl (C=O) groups is 1. The van der Waals surface area contributed by atoms with Crippen molar-refractivity contribution in [1.29, 1.82) is 0 Å². The number of carboxylic acids is 1. The predicted octanol–water partition coefficient (Wildman–Crippen LogP) is 2.01. The predicted molar refractivity (Wildman–Crippen MR) is 67.0 cm³/mol.